The number of aromatic nitrogens is 2. The largest absolute Gasteiger partial charge is 0.502 e. The fourth-order valence-electron chi connectivity index (χ4n) is 4.52. The van der Waals surface area contributed by atoms with Crippen LogP contribution in [0.25, 0.3) is 0 Å². The van der Waals surface area contributed by atoms with Gasteiger partial charge in [0.1, 0.15) is 6.67 Å². The number of alkyl halides is 1. The van der Waals surface area contributed by atoms with Crippen molar-refractivity contribution in [3.05, 3.63) is 93.2 Å². The molecule has 0 saturated carbocycles. The number of nitrogens with one attached hydrogen (secondary N) is 2. The quantitative estimate of drug-likeness (QED) is 0.359. The van der Waals surface area contributed by atoms with Crippen molar-refractivity contribution in [1.29, 1.82) is 5.26 Å². The molecule has 0 bridgehead atoms. The summed E-state index contributed by atoms with van der Waals surface area (Å²) in [5, 5.41) is 22.1. The Kier molecular flexibility index (Phi) is 9.26. The number of aromatic amines is 1. The molecule has 1 aliphatic heterocycles. The molecule has 38 heavy (non-hydrogen) atoms. The molecule has 0 unspecified atom stereocenters. The van der Waals surface area contributed by atoms with E-state index in [2.05, 4.69) is 50.2 Å². The second kappa shape index (κ2) is 13.0. The Morgan fingerprint density at radius 2 is 1.82 bits per heavy atom. The van der Waals surface area contributed by atoms with Gasteiger partial charge in [-0.2, -0.15) is 5.26 Å². The molecule has 0 radical (unpaired) electrons. The number of halogens is 1. The number of rotatable bonds is 10. The van der Waals surface area contributed by atoms with Crippen LogP contribution < -0.4 is 10.9 Å². The third kappa shape index (κ3) is 7.29. The molecule has 7 nitrogen and oxygen atoms in total. The molecule has 1 aromatic heterocycles. The third-order valence-electron chi connectivity index (χ3n) is 6.79. The van der Waals surface area contributed by atoms with Gasteiger partial charge < -0.3 is 15.4 Å². The van der Waals surface area contributed by atoms with Crippen LogP contribution in [-0.4, -0.2) is 52.3 Å². The van der Waals surface area contributed by atoms with E-state index in [9.17, 15) is 14.3 Å². The summed E-state index contributed by atoms with van der Waals surface area (Å²) >= 11 is 0. The first-order valence-corrected chi connectivity index (χ1v) is 12.8. The van der Waals surface area contributed by atoms with Crippen LogP contribution in [0, 0.1) is 29.1 Å². The third-order valence-corrected chi connectivity index (χ3v) is 6.79. The molecule has 0 amide bonds. The average Bonchev–Trinajstić information content (AvgIpc) is 2.92. The number of nitriles is 1. The lowest BCUT2D eigenvalue weighted by Gasteiger charge is -2.38. The Hall–Kier alpha value is -3.98. The summed E-state index contributed by atoms with van der Waals surface area (Å²) in [6.45, 7) is 4.60. The maximum absolute atomic E-state index is 13.0. The molecule has 3 aromatic rings. The predicted molar refractivity (Wildman–Crippen MR) is 144 cm³/mol. The molecular formula is C30H32FN5O2. The van der Waals surface area contributed by atoms with E-state index in [-0.39, 0.29) is 12.0 Å². The molecule has 2 aromatic carbocycles. The fraction of sp³-hybridized carbons (Fsp3) is 0.367. The SMILES string of the molecule is C[C@@H](CF)NC[C@@H](Cc1nc[nH]c(=O)c1O)c1ccc(C#Cc2ccc(CN3CC(CC#N)C3)cc2)cc1. The Labute approximate surface area is 222 Å². The van der Waals surface area contributed by atoms with Gasteiger partial charge in [-0.15, -0.1) is 0 Å². The van der Waals surface area contributed by atoms with Crippen LogP contribution in [0.1, 0.15) is 47.2 Å². The highest BCUT2D eigenvalue weighted by atomic mass is 19.1. The number of H-pyrrole nitrogens is 1. The molecule has 196 valence electrons. The lowest BCUT2D eigenvalue weighted by Crippen LogP contribution is -2.45. The van der Waals surface area contributed by atoms with Crippen molar-refractivity contribution in [3.63, 3.8) is 0 Å². The second-order valence-corrected chi connectivity index (χ2v) is 9.88. The van der Waals surface area contributed by atoms with Crippen molar-refractivity contribution in [2.24, 2.45) is 5.92 Å². The van der Waals surface area contributed by atoms with Crippen molar-refractivity contribution < 1.29 is 9.50 Å². The summed E-state index contributed by atoms with van der Waals surface area (Å²) in [6, 6.07) is 18.0. The van der Waals surface area contributed by atoms with Gasteiger partial charge in [-0.3, -0.25) is 9.69 Å². The zero-order valence-electron chi connectivity index (χ0n) is 21.5. The van der Waals surface area contributed by atoms with Crippen molar-refractivity contribution >= 4 is 0 Å². The maximum Gasteiger partial charge on any atom is 0.293 e. The first-order valence-electron chi connectivity index (χ1n) is 12.8. The number of hydrogen-bond acceptors (Lipinski definition) is 6. The van der Waals surface area contributed by atoms with Crippen LogP contribution in [0.5, 0.6) is 5.75 Å². The molecule has 1 saturated heterocycles. The van der Waals surface area contributed by atoms with E-state index < -0.39 is 18.0 Å². The van der Waals surface area contributed by atoms with Crippen LogP contribution in [0.15, 0.2) is 59.7 Å². The molecule has 0 spiro atoms. The predicted octanol–water partition coefficient (Wildman–Crippen LogP) is 3.49. The van der Waals surface area contributed by atoms with Gasteiger partial charge in [-0.25, -0.2) is 9.37 Å². The van der Waals surface area contributed by atoms with Crippen LogP contribution in [-0.2, 0) is 13.0 Å². The maximum atomic E-state index is 13.0. The van der Waals surface area contributed by atoms with E-state index in [1.807, 2.05) is 36.4 Å². The summed E-state index contributed by atoms with van der Waals surface area (Å²) < 4.78 is 13.0. The van der Waals surface area contributed by atoms with Gasteiger partial charge >= 0.3 is 0 Å². The normalized spacial score (nSPS) is 15.1. The van der Waals surface area contributed by atoms with Gasteiger partial charge in [0.05, 0.1) is 18.1 Å². The second-order valence-electron chi connectivity index (χ2n) is 9.88. The molecule has 0 aliphatic carbocycles. The number of benzene rings is 2. The van der Waals surface area contributed by atoms with Crippen LogP contribution >= 0.6 is 0 Å². The number of likely N-dealkylation sites (tertiary alicyclic amines) is 1. The molecular weight excluding hydrogens is 481 g/mol. The average molecular weight is 514 g/mol. The van der Waals surface area contributed by atoms with E-state index >= 15 is 0 Å². The zero-order valence-corrected chi connectivity index (χ0v) is 21.5. The van der Waals surface area contributed by atoms with Crippen LogP contribution in [0.4, 0.5) is 4.39 Å². The lowest BCUT2D eigenvalue weighted by atomic mass is 9.92. The molecule has 8 heteroatoms. The van der Waals surface area contributed by atoms with E-state index in [1.54, 1.807) is 6.92 Å². The minimum Gasteiger partial charge on any atom is -0.502 e. The minimum absolute atomic E-state index is 0.125. The monoisotopic (exact) mass is 513 g/mol. The van der Waals surface area contributed by atoms with Gasteiger partial charge in [0.15, 0.2) is 0 Å². The van der Waals surface area contributed by atoms with Gasteiger partial charge in [0.25, 0.3) is 5.56 Å². The van der Waals surface area contributed by atoms with Crippen molar-refractivity contribution in [3.8, 4) is 23.7 Å². The van der Waals surface area contributed by atoms with Gasteiger partial charge in [0.2, 0.25) is 5.75 Å². The van der Waals surface area contributed by atoms with Gasteiger partial charge in [-0.1, -0.05) is 36.1 Å². The lowest BCUT2D eigenvalue weighted by molar-refractivity contribution is 0.0955. The number of nitrogens with zero attached hydrogens (tertiary/aromatic N) is 3. The fourth-order valence-corrected chi connectivity index (χ4v) is 4.52. The highest BCUT2D eigenvalue weighted by Crippen LogP contribution is 2.23. The van der Waals surface area contributed by atoms with Gasteiger partial charge in [0, 0.05) is 62.1 Å². The molecule has 2 atom stereocenters. The highest BCUT2D eigenvalue weighted by molar-refractivity contribution is 5.44. The van der Waals surface area contributed by atoms with Gasteiger partial charge in [-0.05, 0) is 48.2 Å². The summed E-state index contributed by atoms with van der Waals surface area (Å²) in [4.78, 5) is 20.6. The van der Waals surface area contributed by atoms with E-state index in [4.69, 9.17) is 5.26 Å². The minimum atomic E-state index is -0.581. The Morgan fingerprint density at radius 3 is 2.45 bits per heavy atom. The van der Waals surface area contributed by atoms with E-state index in [0.717, 1.165) is 36.3 Å². The number of hydrogen-bond donors (Lipinski definition) is 3. The smallest absolute Gasteiger partial charge is 0.293 e. The topological polar surface area (TPSA) is 105 Å². The molecule has 1 aliphatic rings. The first-order chi connectivity index (χ1) is 18.4. The van der Waals surface area contributed by atoms with E-state index in [0.29, 0.717) is 31.0 Å². The summed E-state index contributed by atoms with van der Waals surface area (Å²) in [5.74, 6) is 6.40. The standard InChI is InChI=1S/C30H32FN5O2/c1-21(15-31)33-16-27(14-28-29(37)30(38)35-20-34-28)26-10-8-23(9-11-26)3-2-22-4-6-24(7-5-22)17-36-18-25(19-36)12-13-32/h4-11,20-21,25,27,33,37H,12,14-19H2,1H3,(H,34,35,38)/t21-,27+/m0/s1. The highest BCUT2D eigenvalue weighted by Gasteiger charge is 2.25. The van der Waals surface area contributed by atoms with Crippen molar-refractivity contribution in [2.75, 3.05) is 26.3 Å². The van der Waals surface area contributed by atoms with E-state index in [1.165, 1.54) is 11.9 Å². The van der Waals surface area contributed by atoms with Crippen molar-refractivity contribution in [1.82, 2.24) is 20.2 Å². The Balaban J connectivity index is 1.40. The number of aromatic hydroxyl groups is 1. The molecule has 1 fully saturated rings. The first kappa shape index (κ1) is 27.1. The summed E-state index contributed by atoms with van der Waals surface area (Å²) in [5.41, 5.74) is 3.73. The zero-order chi connectivity index (χ0) is 26.9. The Bertz CT molecular complexity index is 1360. The molecule has 4 rings (SSSR count). The van der Waals surface area contributed by atoms with Crippen LogP contribution in [0.3, 0.4) is 0 Å². The summed E-state index contributed by atoms with van der Waals surface area (Å²) in [6.07, 6.45) is 2.24. The summed E-state index contributed by atoms with van der Waals surface area (Å²) in [7, 11) is 0. The van der Waals surface area contributed by atoms with Crippen molar-refractivity contribution in [2.45, 2.75) is 38.3 Å². The van der Waals surface area contributed by atoms with Crippen LogP contribution in [0.2, 0.25) is 0 Å². The molecule has 2 heterocycles. The Morgan fingerprint density at radius 1 is 1.16 bits per heavy atom. The molecule has 3 N–H and O–H groups in total.